The maximum absolute atomic E-state index is 5.01. The Hall–Kier alpha value is -2.55. The molecule has 3 heteroatoms. The van der Waals surface area contributed by atoms with Crippen molar-refractivity contribution in [3.05, 3.63) is 76.9 Å². The Labute approximate surface area is 155 Å². The fraction of sp³-hybridized carbons (Fsp3) is 0.348. The van der Waals surface area contributed by atoms with E-state index in [9.17, 15) is 0 Å². The van der Waals surface area contributed by atoms with E-state index in [1.165, 1.54) is 16.8 Å². The van der Waals surface area contributed by atoms with Crippen LogP contribution in [0.2, 0.25) is 0 Å². The average Bonchev–Trinajstić information content (AvgIpc) is 2.93. The molecule has 1 N–H and O–H groups in total. The summed E-state index contributed by atoms with van der Waals surface area (Å²) in [6.07, 6.45) is 5.40. The van der Waals surface area contributed by atoms with Crippen LogP contribution in [0.1, 0.15) is 44.6 Å². The number of hydrogen-bond acceptors (Lipinski definition) is 2. The van der Waals surface area contributed by atoms with E-state index < -0.39 is 0 Å². The molecular formula is C23H27N3. The van der Waals surface area contributed by atoms with Gasteiger partial charge in [-0.05, 0) is 60.5 Å². The number of rotatable bonds is 1. The van der Waals surface area contributed by atoms with Gasteiger partial charge in [0.2, 0.25) is 0 Å². The maximum atomic E-state index is 5.01. The average molecular weight is 345 g/mol. The molecule has 2 aromatic heterocycles. The van der Waals surface area contributed by atoms with Crippen molar-refractivity contribution in [2.75, 3.05) is 0 Å². The molecule has 0 saturated heterocycles. The molecule has 4 rings (SSSR count). The first-order valence-corrected chi connectivity index (χ1v) is 9.23. The minimum absolute atomic E-state index is 0.142. The molecule has 0 fully saturated rings. The summed E-state index contributed by atoms with van der Waals surface area (Å²) in [5, 5.41) is 3.57. The molecule has 0 spiro atoms. The minimum atomic E-state index is 0.142. The van der Waals surface area contributed by atoms with Crippen LogP contribution in [-0.2, 0) is 6.42 Å². The van der Waals surface area contributed by atoms with Gasteiger partial charge in [-0.3, -0.25) is 0 Å². The van der Waals surface area contributed by atoms with Crippen molar-refractivity contribution in [1.29, 1.82) is 0 Å². The summed E-state index contributed by atoms with van der Waals surface area (Å²) < 4.78 is 2.26. The van der Waals surface area contributed by atoms with Crippen LogP contribution in [0.4, 0.5) is 0 Å². The molecule has 2 aromatic rings. The molecule has 1 aliphatic carbocycles. The highest BCUT2D eigenvalue weighted by molar-refractivity contribution is 5.79. The van der Waals surface area contributed by atoms with Crippen molar-refractivity contribution in [1.82, 2.24) is 14.7 Å². The lowest BCUT2D eigenvalue weighted by atomic mass is 9.69. The first-order chi connectivity index (χ1) is 12.2. The van der Waals surface area contributed by atoms with E-state index in [2.05, 4.69) is 75.0 Å². The summed E-state index contributed by atoms with van der Waals surface area (Å²) in [6.45, 7) is 19.5. The Morgan fingerprint density at radius 3 is 2.73 bits per heavy atom. The molecular weight excluding hydrogens is 318 g/mol. The quantitative estimate of drug-likeness (QED) is 0.770. The molecule has 3 heterocycles. The first kappa shape index (κ1) is 16.9. The van der Waals surface area contributed by atoms with Gasteiger partial charge in [-0.25, -0.2) is 4.98 Å². The second-order valence-corrected chi connectivity index (χ2v) is 8.69. The molecule has 26 heavy (non-hydrogen) atoms. The lowest BCUT2D eigenvalue weighted by molar-refractivity contribution is 0.276. The van der Waals surface area contributed by atoms with Gasteiger partial charge in [-0.15, -0.1) is 0 Å². The highest BCUT2D eigenvalue weighted by Gasteiger charge is 2.38. The third-order valence-electron chi connectivity index (χ3n) is 5.65. The number of hydrogen-bond donors (Lipinski definition) is 1. The van der Waals surface area contributed by atoms with Crippen LogP contribution < -0.4 is 5.32 Å². The summed E-state index contributed by atoms with van der Waals surface area (Å²) in [5.41, 5.74) is 10.2. The monoisotopic (exact) mass is 345 g/mol. The zero-order valence-electron chi connectivity index (χ0n) is 16.4. The van der Waals surface area contributed by atoms with E-state index in [-0.39, 0.29) is 5.41 Å². The van der Waals surface area contributed by atoms with Gasteiger partial charge in [0.25, 0.3) is 0 Å². The number of pyridine rings is 1. The molecule has 1 unspecified atom stereocenters. The number of nitrogens with zero attached hydrogens (tertiary/aromatic N) is 2. The Morgan fingerprint density at radius 2 is 2.08 bits per heavy atom. The fourth-order valence-electron chi connectivity index (χ4n) is 4.18. The second-order valence-electron chi connectivity index (χ2n) is 8.69. The Bertz CT molecular complexity index is 1020. The van der Waals surface area contributed by atoms with Crippen molar-refractivity contribution in [2.45, 2.75) is 41.0 Å². The predicted octanol–water partition coefficient (Wildman–Crippen LogP) is 5.19. The van der Waals surface area contributed by atoms with Crippen LogP contribution in [0.5, 0.6) is 0 Å². The smallest absolute Gasteiger partial charge is 0.140 e. The Balaban J connectivity index is 2.03. The molecule has 0 saturated carbocycles. The largest absolute Gasteiger partial charge is 0.353 e. The normalized spacial score (nSPS) is 19.8. The van der Waals surface area contributed by atoms with Gasteiger partial charge >= 0.3 is 0 Å². The second kappa shape index (κ2) is 5.47. The number of aromatic nitrogens is 2. The van der Waals surface area contributed by atoms with Crippen molar-refractivity contribution in [3.63, 3.8) is 0 Å². The van der Waals surface area contributed by atoms with Gasteiger partial charge in [0, 0.05) is 17.5 Å². The summed E-state index contributed by atoms with van der Waals surface area (Å²) in [5.74, 6) is 0.403. The molecule has 134 valence electrons. The number of imidazole rings is 1. The SMILES string of the molecule is C=C(C)C1=CC2=C(NC1=C)c1nc3c(C)cccn3c1CC2C(C)(C)C. The third-order valence-corrected chi connectivity index (χ3v) is 5.65. The van der Waals surface area contributed by atoms with Crippen molar-refractivity contribution >= 4 is 11.3 Å². The van der Waals surface area contributed by atoms with Crippen LogP contribution in [0.15, 0.2) is 60.0 Å². The first-order valence-electron chi connectivity index (χ1n) is 9.23. The summed E-state index contributed by atoms with van der Waals surface area (Å²) in [7, 11) is 0. The Kier molecular flexibility index (Phi) is 3.56. The van der Waals surface area contributed by atoms with Gasteiger partial charge in [-0.1, -0.05) is 40.0 Å². The predicted molar refractivity (Wildman–Crippen MR) is 109 cm³/mol. The maximum Gasteiger partial charge on any atom is 0.140 e. The number of aryl methyl sites for hydroxylation is 1. The summed E-state index contributed by atoms with van der Waals surface area (Å²) in [6, 6.07) is 4.23. The van der Waals surface area contributed by atoms with E-state index in [4.69, 9.17) is 4.98 Å². The molecule has 0 amide bonds. The third kappa shape index (κ3) is 2.38. The van der Waals surface area contributed by atoms with Crippen LogP contribution in [0, 0.1) is 18.3 Å². The van der Waals surface area contributed by atoms with Crippen molar-refractivity contribution in [3.8, 4) is 0 Å². The van der Waals surface area contributed by atoms with Crippen LogP contribution in [0.3, 0.4) is 0 Å². The highest BCUT2D eigenvalue weighted by atomic mass is 15.1. The Morgan fingerprint density at radius 1 is 1.35 bits per heavy atom. The van der Waals surface area contributed by atoms with E-state index in [1.807, 2.05) is 6.92 Å². The van der Waals surface area contributed by atoms with Gasteiger partial charge < -0.3 is 9.72 Å². The standard InChI is InChI=1S/C23H27N3/c1-13(2)16-11-17-18(23(5,6)7)12-19-21(20(17)24-15(16)4)25-22-14(3)9-8-10-26(19)22/h8-11,18,24H,1,4,12H2,2-3,5-7H3. The molecule has 1 aliphatic heterocycles. The van der Waals surface area contributed by atoms with E-state index >= 15 is 0 Å². The van der Waals surface area contributed by atoms with Crippen LogP contribution in [0.25, 0.3) is 11.3 Å². The van der Waals surface area contributed by atoms with Gasteiger partial charge in [-0.2, -0.15) is 0 Å². The number of dihydropyridines is 1. The van der Waals surface area contributed by atoms with E-state index in [0.717, 1.165) is 40.3 Å². The zero-order chi connectivity index (χ0) is 18.8. The van der Waals surface area contributed by atoms with Crippen LogP contribution in [-0.4, -0.2) is 9.38 Å². The van der Waals surface area contributed by atoms with Gasteiger partial charge in [0.05, 0.1) is 11.4 Å². The molecule has 1 atom stereocenters. The minimum Gasteiger partial charge on any atom is -0.353 e. The van der Waals surface area contributed by atoms with Crippen molar-refractivity contribution < 1.29 is 0 Å². The van der Waals surface area contributed by atoms with E-state index in [1.54, 1.807) is 0 Å². The molecule has 0 bridgehead atoms. The van der Waals surface area contributed by atoms with Crippen LogP contribution >= 0.6 is 0 Å². The molecule has 0 aromatic carbocycles. The molecule has 2 aliphatic rings. The molecule has 3 nitrogen and oxygen atoms in total. The number of fused-ring (bicyclic) bond motifs is 4. The lowest BCUT2D eigenvalue weighted by Crippen LogP contribution is -2.33. The fourth-order valence-corrected chi connectivity index (χ4v) is 4.18. The van der Waals surface area contributed by atoms with Crippen molar-refractivity contribution in [2.24, 2.45) is 11.3 Å². The molecule has 0 radical (unpaired) electrons. The highest BCUT2D eigenvalue weighted by Crippen LogP contribution is 2.46. The van der Waals surface area contributed by atoms with Gasteiger partial charge in [0.1, 0.15) is 11.3 Å². The number of allylic oxidation sites excluding steroid dienone is 3. The zero-order valence-corrected chi connectivity index (χ0v) is 16.4. The topological polar surface area (TPSA) is 29.3 Å². The lowest BCUT2D eigenvalue weighted by Gasteiger charge is -2.39. The summed E-state index contributed by atoms with van der Waals surface area (Å²) >= 11 is 0. The number of nitrogens with one attached hydrogen (secondary N) is 1. The van der Waals surface area contributed by atoms with Gasteiger partial charge in [0.15, 0.2) is 0 Å². The summed E-state index contributed by atoms with van der Waals surface area (Å²) in [4.78, 5) is 5.01. The van der Waals surface area contributed by atoms with E-state index in [0.29, 0.717) is 5.92 Å².